The molecule has 41 heavy (non-hydrogen) atoms. The number of nitrogens with one attached hydrogen (secondary N) is 1. The molecule has 0 spiro atoms. The first-order chi connectivity index (χ1) is 20.1. The lowest BCUT2D eigenvalue weighted by atomic mass is 9.77. The Morgan fingerprint density at radius 2 is 1.63 bits per heavy atom. The maximum atomic E-state index is 6.39. The van der Waals surface area contributed by atoms with Crippen molar-refractivity contribution in [3.8, 4) is 5.75 Å². The third-order valence-corrected chi connectivity index (χ3v) is 8.47. The van der Waals surface area contributed by atoms with E-state index in [1.165, 1.54) is 38.9 Å². The van der Waals surface area contributed by atoms with Crippen LogP contribution < -0.4 is 10.1 Å². The predicted octanol–water partition coefficient (Wildman–Crippen LogP) is 9.61. The summed E-state index contributed by atoms with van der Waals surface area (Å²) in [5.74, 6) is 1.85. The van der Waals surface area contributed by atoms with Crippen LogP contribution in [0.5, 0.6) is 5.75 Å². The SMILES string of the molecule is Cc1cc(C)cc(COc2ccc3ccccc3c2C=Nc2ccc([C@@H]3Nc4ccccc4[C@@H]4C=CC[C@@H]43)cc2)c1. The molecule has 5 aromatic rings. The van der Waals surface area contributed by atoms with E-state index in [4.69, 9.17) is 9.73 Å². The van der Waals surface area contributed by atoms with Gasteiger partial charge in [0.25, 0.3) is 0 Å². The third-order valence-electron chi connectivity index (χ3n) is 8.47. The molecular formula is C38H34N2O. The van der Waals surface area contributed by atoms with Crippen molar-refractivity contribution in [1.29, 1.82) is 0 Å². The summed E-state index contributed by atoms with van der Waals surface area (Å²) < 4.78 is 6.39. The molecule has 0 saturated heterocycles. The zero-order chi connectivity index (χ0) is 27.8. The Hall–Kier alpha value is -4.63. The van der Waals surface area contributed by atoms with Crippen molar-refractivity contribution in [2.75, 3.05) is 5.32 Å². The lowest BCUT2D eigenvalue weighted by Gasteiger charge is -2.37. The number of allylic oxidation sites excluding steroid dienone is 2. The van der Waals surface area contributed by atoms with Crippen molar-refractivity contribution in [2.24, 2.45) is 10.9 Å². The summed E-state index contributed by atoms with van der Waals surface area (Å²) in [6.07, 6.45) is 7.79. The molecule has 3 nitrogen and oxygen atoms in total. The Morgan fingerprint density at radius 1 is 0.854 bits per heavy atom. The topological polar surface area (TPSA) is 33.6 Å². The standard InChI is InChI=1S/C38H34N2O/c1-25-20-26(2)22-27(21-25)24-41-37-19-16-28-8-3-4-9-31(28)35(37)23-39-30-17-14-29(15-18-30)38-34-12-7-11-32(34)33-10-5-6-13-36(33)40-38/h3-11,13-23,32,34,38,40H,12,24H2,1-2H3/t32-,34-,38-/m0/s1. The first-order valence-corrected chi connectivity index (χ1v) is 14.5. The molecule has 2 aliphatic rings. The van der Waals surface area contributed by atoms with E-state index < -0.39 is 0 Å². The fourth-order valence-electron chi connectivity index (χ4n) is 6.63. The number of nitrogens with zero attached hydrogens (tertiary/aromatic N) is 1. The minimum Gasteiger partial charge on any atom is -0.488 e. The molecule has 1 aliphatic carbocycles. The van der Waals surface area contributed by atoms with Gasteiger partial charge in [0.05, 0.1) is 11.7 Å². The number of hydrogen-bond donors (Lipinski definition) is 1. The molecule has 0 bridgehead atoms. The monoisotopic (exact) mass is 534 g/mol. The molecule has 7 rings (SSSR count). The fraction of sp³-hybridized carbons (Fsp3) is 0.184. The molecule has 0 radical (unpaired) electrons. The molecule has 3 heteroatoms. The molecule has 0 unspecified atom stereocenters. The number of hydrogen-bond acceptors (Lipinski definition) is 3. The average molecular weight is 535 g/mol. The number of rotatable bonds is 6. The molecule has 3 atom stereocenters. The van der Waals surface area contributed by atoms with Gasteiger partial charge in [-0.2, -0.15) is 0 Å². The van der Waals surface area contributed by atoms with Gasteiger partial charge in [-0.1, -0.05) is 102 Å². The van der Waals surface area contributed by atoms with E-state index in [0.717, 1.165) is 28.8 Å². The summed E-state index contributed by atoms with van der Waals surface area (Å²) in [6, 6.07) is 36.9. The van der Waals surface area contributed by atoms with Gasteiger partial charge in [-0.05, 0) is 77.9 Å². The summed E-state index contributed by atoms with van der Waals surface area (Å²) in [4.78, 5) is 4.92. The first kappa shape index (κ1) is 25.3. The van der Waals surface area contributed by atoms with Gasteiger partial charge in [0.2, 0.25) is 0 Å². The Labute approximate surface area is 242 Å². The second kappa shape index (κ2) is 10.7. The lowest BCUT2D eigenvalue weighted by Crippen LogP contribution is -2.28. The van der Waals surface area contributed by atoms with E-state index >= 15 is 0 Å². The Morgan fingerprint density at radius 3 is 2.49 bits per heavy atom. The zero-order valence-electron chi connectivity index (χ0n) is 23.5. The second-order valence-electron chi connectivity index (χ2n) is 11.4. The van der Waals surface area contributed by atoms with E-state index in [1.807, 2.05) is 6.21 Å². The smallest absolute Gasteiger partial charge is 0.129 e. The lowest BCUT2D eigenvalue weighted by molar-refractivity contribution is 0.306. The van der Waals surface area contributed by atoms with Gasteiger partial charge < -0.3 is 10.1 Å². The maximum absolute atomic E-state index is 6.39. The van der Waals surface area contributed by atoms with Gasteiger partial charge in [-0.25, -0.2) is 0 Å². The highest BCUT2D eigenvalue weighted by molar-refractivity contribution is 6.03. The number of fused-ring (bicyclic) bond motifs is 4. The predicted molar refractivity (Wildman–Crippen MR) is 171 cm³/mol. The molecule has 0 saturated carbocycles. The van der Waals surface area contributed by atoms with Gasteiger partial charge in [0, 0.05) is 23.4 Å². The van der Waals surface area contributed by atoms with Crippen LogP contribution in [0.15, 0.2) is 120 Å². The van der Waals surface area contributed by atoms with Crippen LogP contribution in [0, 0.1) is 19.8 Å². The number of aryl methyl sites for hydroxylation is 2. The van der Waals surface area contributed by atoms with E-state index in [2.05, 4.69) is 134 Å². The van der Waals surface area contributed by atoms with Crippen molar-refractivity contribution in [2.45, 2.75) is 38.8 Å². The van der Waals surface area contributed by atoms with Gasteiger partial charge in [0.1, 0.15) is 12.4 Å². The van der Waals surface area contributed by atoms with Crippen LogP contribution in [0.1, 0.15) is 51.8 Å². The van der Waals surface area contributed by atoms with E-state index in [9.17, 15) is 0 Å². The first-order valence-electron chi connectivity index (χ1n) is 14.5. The largest absolute Gasteiger partial charge is 0.488 e. The van der Waals surface area contributed by atoms with Crippen LogP contribution in [-0.4, -0.2) is 6.21 Å². The van der Waals surface area contributed by atoms with Crippen LogP contribution >= 0.6 is 0 Å². The highest BCUT2D eigenvalue weighted by Gasteiger charge is 2.37. The minimum absolute atomic E-state index is 0.284. The molecular weight excluding hydrogens is 500 g/mol. The van der Waals surface area contributed by atoms with Crippen molar-refractivity contribution in [1.82, 2.24) is 0 Å². The van der Waals surface area contributed by atoms with Gasteiger partial charge in [0.15, 0.2) is 0 Å². The highest BCUT2D eigenvalue weighted by atomic mass is 16.5. The highest BCUT2D eigenvalue weighted by Crippen LogP contribution is 2.49. The summed E-state index contributed by atoms with van der Waals surface area (Å²) in [7, 11) is 0. The van der Waals surface area contributed by atoms with Gasteiger partial charge >= 0.3 is 0 Å². The van der Waals surface area contributed by atoms with Gasteiger partial charge in [-0.3, -0.25) is 4.99 Å². The fourth-order valence-corrected chi connectivity index (χ4v) is 6.63. The summed E-state index contributed by atoms with van der Waals surface area (Å²) >= 11 is 0. The zero-order valence-corrected chi connectivity index (χ0v) is 23.5. The third kappa shape index (κ3) is 5.04. The molecule has 202 valence electrons. The maximum Gasteiger partial charge on any atom is 0.129 e. The van der Waals surface area contributed by atoms with Crippen molar-refractivity contribution in [3.63, 3.8) is 0 Å². The molecule has 0 aromatic heterocycles. The van der Waals surface area contributed by atoms with E-state index in [0.29, 0.717) is 18.4 Å². The Kier molecular flexibility index (Phi) is 6.64. The number of anilines is 1. The van der Waals surface area contributed by atoms with Crippen LogP contribution in [0.4, 0.5) is 11.4 Å². The molecule has 1 N–H and O–H groups in total. The average Bonchev–Trinajstić information content (AvgIpc) is 3.49. The molecule has 0 amide bonds. The number of benzene rings is 5. The molecule has 1 aliphatic heterocycles. The van der Waals surface area contributed by atoms with Gasteiger partial charge in [-0.15, -0.1) is 0 Å². The molecule has 0 fully saturated rings. The van der Waals surface area contributed by atoms with Crippen LogP contribution in [-0.2, 0) is 6.61 Å². The summed E-state index contributed by atoms with van der Waals surface area (Å²) in [5.41, 5.74) is 9.57. The Bertz CT molecular complexity index is 1760. The van der Waals surface area contributed by atoms with Crippen molar-refractivity contribution < 1.29 is 4.74 Å². The summed E-state index contributed by atoms with van der Waals surface area (Å²) in [6.45, 7) is 4.77. The van der Waals surface area contributed by atoms with Crippen molar-refractivity contribution in [3.05, 3.63) is 149 Å². The summed E-state index contributed by atoms with van der Waals surface area (Å²) in [5, 5.41) is 6.14. The molecule has 5 aromatic carbocycles. The second-order valence-corrected chi connectivity index (χ2v) is 11.4. The van der Waals surface area contributed by atoms with E-state index in [1.54, 1.807) is 0 Å². The van der Waals surface area contributed by atoms with Crippen LogP contribution in [0.2, 0.25) is 0 Å². The quantitative estimate of drug-likeness (QED) is 0.174. The van der Waals surface area contributed by atoms with Crippen molar-refractivity contribution >= 4 is 28.4 Å². The number of ether oxygens (including phenoxy) is 1. The number of para-hydroxylation sites is 1. The van der Waals surface area contributed by atoms with E-state index in [-0.39, 0.29) is 6.04 Å². The minimum atomic E-state index is 0.284. The Balaban J connectivity index is 1.15. The van der Waals surface area contributed by atoms with Crippen LogP contribution in [0.3, 0.4) is 0 Å². The van der Waals surface area contributed by atoms with Crippen LogP contribution in [0.25, 0.3) is 10.8 Å². The molecule has 1 heterocycles. The number of aliphatic imine (C=N–C) groups is 1. The normalized spacial score (nSPS) is 19.2.